The molecule has 1 heteroatoms. The number of hydrogen-bond donors (Lipinski definition) is 1. The summed E-state index contributed by atoms with van der Waals surface area (Å²) in [5.74, 6) is 0. The first kappa shape index (κ1) is 9.27. The van der Waals surface area contributed by atoms with Gasteiger partial charge in [0.05, 0.1) is 6.10 Å². The first-order chi connectivity index (χ1) is 5.52. The number of aliphatic hydroxyl groups excluding tert-OH is 1. The molecule has 0 fully saturated rings. The smallest absolute Gasteiger partial charge is 0.0838 e. The van der Waals surface area contributed by atoms with E-state index in [9.17, 15) is 5.11 Å². The van der Waals surface area contributed by atoms with Gasteiger partial charge >= 0.3 is 0 Å². The molecule has 0 spiro atoms. The fraction of sp³-hybridized carbons (Fsp3) is 0.455. The lowest BCUT2D eigenvalue weighted by molar-refractivity contribution is 0.0627. The molecule has 1 aromatic carbocycles. The SMILES string of the molecule is CC(C)(C)C(O)c1cc[c]cc1. The second-order valence-electron chi connectivity index (χ2n) is 4.10. The van der Waals surface area contributed by atoms with Gasteiger partial charge in [0.25, 0.3) is 0 Å². The standard InChI is InChI=1S/C11H15O/c1-11(2,3)10(12)9-7-5-4-6-8-9/h5-8,10,12H,1-3H3. The molecule has 0 saturated carbocycles. The first-order valence-corrected chi connectivity index (χ1v) is 4.16. The predicted octanol–water partition coefficient (Wildman–Crippen LogP) is 2.57. The molecule has 0 aromatic heterocycles. The molecule has 1 radical (unpaired) electrons. The molecule has 0 aliphatic carbocycles. The highest BCUT2D eigenvalue weighted by molar-refractivity contribution is 5.18. The summed E-state index contributed by atoms with van der Waals surface area (Å²) in [5, 5.41) is 9.84. The van der Waals surface area contributed by atoms with E-state index < -0.39 is 6.10 Å². The van der Waals surface area contributed by atoms with Gasteiger partial charge in [-0.25, -0.2) is 0 Å². The molecule has 12 heavy (non-hydrogen) atoms. The highest BCUT2D eigenvalue weighted by atomic mass is 16.3. The fourth-order valence-corrected chi connectivity index (χ4v) is 1.08. The zero-order valence-electron chi connectivity index (χ0n) is 7.83. The second kappa shape index (κ2) is 3.28. The maximum atomic E-state index is 9.84. The van der Waals surface area contributed by atoms with E-state index in [0.717, 1.165) is 5.56 Å². The van der Waals surface area contributed by atoms with Crippen LogP contribution in [-0.4, -0.2) is 5.11 Å². The lowest BCUT2D eigenvalue weighted by atomic mass is 9.85. The first-order valence-electron chi connectivity index (χ1n) is 4.16. The van der Waals surface area contributed by atoms with Crippen molar-refractivity contribution in [2.24, 2.45) is 5.41 Å². The minimum Gasteiger partial charge on any atom is -0.388 e. The van der Waals surface area contributed by atoms with E-state index in [4.69, 9.17) is 0 Å². The third-order valence-electron chi connectivity index (χ3n) is 1.88. The Morgan fingerprint density at radius 1 is 1.25 bits per heavy atom. The molecule has 0 aliphatic heterocycles. The highest BCUT2D eigenvalue weighted by Gasteiger charge is 2.22. The summed E-state index contributed by atoms with van der Waals surface area (Å²) in [6, 6.07) is 10.4. The maximum Gasteiger partial charge on any atom is 0.0838 e. The number of benzene rings is 1. The van der Waals surface area contributed by atoms with E-state index >= 15 is 0 Å². The van der Waals surface area contributed by atoms with Gasteiger partial charge in [-0.15, -0.1) is 0 Å². The number of rotatable bonds is 1. The molecule has 65 valence electrons. The molecule has 0 bridgehead atoms. The zero-order chi connectivity index (χ0) is 9.19. The molecule has 1 rings (SSSR count). The quantitative estimate of drug-likeness (QED) is 0.674. The molecule has 0 aliphatic rings. The largest absolute Gasteiger partial charge is 0.388 e. The minimum atomic E-state index is -0.396. The van der Waals surface area contributed by atoms with Crippen LogP contribution in [0.4, 0.5) is 0 Å². The van der Waals surface area contributed by atoms with E-state index in [1.807, 2.05) is 45.0 Å². The summed E-state index contributed by atoms with van der Waals surface area (Å²) >= 11 is 0. The van der Waals surface area contributed by atoms with E-state index in [-0.39, 0.29) is 5.41 Å². The van der Waals surface area contributed by atoms with Crippen molar-refractivity contribution in [2.45, 2.75) is 26.9 Å². The van der Waals surface area contributed by atoms with Gasteiger partial charge in [-0.3, -0.25) is 0 Å². The average Bonchev–Trinajstić information content (AvgIpc) is 2.03. The van der Waals surface area contributed by atoms with Gasteiger partial charge in [0.1, 0.15) is 0 Å². The molecule has 1 nitrogen and oxygen atoms in total. The molecule has 1 N–H and O–H groups in total. The summed E-state index contributed by atoms with van der Waals surface area (Å²) in [7, 11) is 0. The van der Waals surface area contributed by atoms with Gasteiger partial charge in [0.2, 0.25) is 0 Å². The highest BCUT2D eigenvalue weighted by Crippen LogP contribution is 2.31. The van der Waals surface area contributed by atoms with Gasteiger partial charge in [0, 0.05) is 0 Å². The topological polar surface area (TPSA) is 20.2 Å². The van der Waals surface area contributed by atoms with Gasteiger partial charge in [-0.1, -0.05) is 45.0 Å². The Hall–Kier alpha value is -0.820. The molecular formula is C11H15O. The summed E-state index contributed by atoms with van der Waals surface area (Å²) in [4.78, 5) is 0. The van der Waals surface area contributed by atoms with E-state index in [0.29, 0.717) is 0 Å². The molecule has 1 atom stereocenters. The van der Waals surface area contributed by atoms with Crippen LogP contribution >= 0.6 is 0 Å². The third kappa shape index (κ3) is 2.08. The molecule has 0 heterocycles. The number of hydrogen-bond acceptors (Lipinski definition) is 1. The van der Waals surface area contributed by atoms with Crippen LogP contribution in [0.2, 0.25) is 0 Å². The summed E-state index contributed by atoms with van der Waals surface area (Å²) in [6.45, 7) is 6.07. The molecule has 0 amide bonds. The zero-order valence-corrected chi connectivity index (χ0v) is 7.83. The molecule has 0 saturated heterocycles. The van der Waals surface area contributed by atoms with Crippen molar-refractivity contribution >= 4 is 0 Å². The number of aliphatic hydroxyl groups is 1. The van der Waals surface area contributed by atoms with E-state index in [2.05, 4.69) is 6.07 Å². The van der Waals surface area contributed by atoms with Crippen molar-refractivity contribution in [3.63, 3.8) is 0 Å². The van der Waals surface area contributed by atoms with Crippen molar-refractivity contribution in [3.05, 3.63) is 35.9 Å². The Balaban J connectivity index is 2.86. The molecular weight excluding hydrogens is 148 g/mol. The predicted molar refractivity (Wildman–Crippen MR) is 49.7 cm³/mol. The fourth-order valence-electron chi connectivity index (χ4n) is 1.08. The van der Waals surface area contributed by atoms with Gasteiger partial charge < -0.3 is 5.11 Å². The van der Waals surface area contributed by atoms with Crippen LogP contribution in [0.3, 0.4) is 0 Å². The van der Waals surface area contributed by atoms with Crippen LogP contribution in [0.1, 0.15) is 32.4 Å². The van der Waals surface area contributed by atoms with E-state index in [1.54, 1.807) is 0 Å². The Labute approximate surface area is 74.1 Å². The molecule has 1 aromatic rings. The van der Waals surface area contributed by atoms with Gasteiger partial charge in [0.15, 0.2) is 0 Å². The van der Waals surface area contributed by atoms with Crippen molar-refractivity contribution < 1.29 is 5.11 Å². The Bertz CT molecular complexity index is 233. The second-order valence-corrected chi connectivity index (χ2v) is 4.10. The van der Waals surface area contributed by atoms with Crippen LogP contribution in [0.15, 0.2) is 24.3 Å². The normalized spacial score (nSPS) is 14.3. The van der Waals surface area contributed by atoms with Crippen molar-refractivity contribution in [3.8, 4) is 0 Å². The van der Waals surface area contributed by atoms with E-state index in [1.165, 1.54) is 0 Å². The monoisotopic (exact) mass is 163 g/mol. The summed E-state index contributed by atoms with van der Waals surface area (Å²) in [6.07, 6.45) is -0.396. The Morgan fingerprint density at radius 3 is 2.17 bits per heavy atom. The summed E-state index contributed by atoms with van der Waals surface area (Å²) < 4.78 is 0. The average molecular weight is 163 g/mol. The third-order valence-corrected chi connectivity index (χ3v) is 1.88. The van der Waals surface area contributed by atoms with Gasteiger partial charge in [-0.05, 0) is 17.0 Å². The van der Waals surface area contributed by atoms with Crippen LogP contribution in [0.5, 0.6) is 0 Å². The van der Waals surface area contributed by atoms with Crippen molar-refractivity contribution in [1.29, 1.82) is 0 Å². The lowest BCUT2D eigenvalue weighted by Gasteiger charge is -2.25. The van der Waals surface area contributed by atoms with Crippen LogP contribution in [-0.2, 0) is 0 Å². The van der Waals surface area contributed by atoms with Crippen molar-refractivity contribution in [1.82, 2.24) is 0 Å². The van der Waals surface area contributed by atoms with Crippen LogP contribution < -0.4 is 0 Å². The van der Waals surface area contributed by atoms with Crippen molar-refractivity contribution in [2.75, 3.05) is 0 Å². The molecule has 1 unspecified atom stereocenters. The minimum absolute atomic E-state index is 0.0959. The Morgan fingerprint density at radius 2 is 1.75 bits per heavy atom. The van der Waals surface area contributed by atoms with Gasteiger partial charge in [-0.2, -0.15) is 0 Å². The lowest BCUT2D eigenvalue weighted by Crippen LogP contribution is -2.17. The van der Waals surface area contributed by atoms with Crippen LogP contribution in [0.25, 0.3) is 0 Å². The van der Waals surface area contributed by atoms with Crippen LogP contribution in [0, 0.1) is 11.5 Å². The Kier molecular flexibility index (Phi) is 2.53. The summed E-state index contributed by atoms with van der Waals surface area (Å²) in [5.41, 5.74) is 0.864. The maximum absolute atomic E-state index is 9.84.